The van der Waals surface area contributed by atoms with Gasteiger partial charge in [0.1, 0.15) is 5.78 Å². The Balaban J connectivity index is 2.29. The van der Waals surface area contributed by atoms with Gasteiger partial charge in [0.2, 0.25) is 0 Å². The zero-order valence-electron chi connectivity index (χ0n) is 15.3. The molecule has 0 aliphatic heterocycles. The summed E-state index contributed by atoms with van der Waals surface area (Å²) >= 11 is 0. The van der Waals surface area contributed by atoms with Crippen molar-refractivity contribution in [1.29, 1.82) is 0 Å². The lowest BCUT2D eigenvalue weighted by Crippen LogP contribution is -2.28. The van der Waals surface area contributed by atoms with E-state index in [1.54, 1.807) is 0 Å². The molecule has 3 nitrogen and oxygen atoms in total. The highest BCUT2D eigenvalue weighted by atomic mass is 16.5. The minimum Gasteiger partial charge on any atom is -0.469 e. The molecular weight excluding hydrogens is 300 g/mol. The topological polar surface area (TPSA) is 43.4 Å². The number of esters is 1. The van der Waals surface area contributed by atoms with Gasteiger partial charge in [0.25, 0.3) is 0 Å². The fraction of sp³-hybridized carbons (Fsp3) is 0.524. The zero-order chi connectivity index (χ0) is 17.9. The van der Waals surface area contributed by atoms with Crippen molar-refractivity contribution in [1.82, 2.24) is 0 Å². The first kappa shape index (κ1) is 18.4. The van der Waals surface area contributed by atoms with Crippen molar-refractivity contribution >= 4 is 11.8 Å². The molecule has 1 aliphatic carbocycles. The number of methoxy groups -OCH3 is 1. The Morgan fingerprint density at radius 1 is 1.12 bits per heavy atom. The Kier molecular flexibility index (Phi) is 5.98. The second kappa shape index (κ2) is 7.78. The molecule has 2 atom stereocenters. The molecule has 1 aromatic carbocycles. The van der Waals surface area contributed by atoms with E-state index in [0.29, 0.717) is 19.3 Å². The molecule has 0 aromatic heterocycles. The molecule has 0 radical (unpaired) electrons. The Morgan fingerprint density at radius 3 is 2.17 bits per heavy atom. The van der Waals surface area contributed by atoms with Crippen LogP contribution >= 0.6 is 0 Å². The van der Waals surface area contributed by atoms with E-state index in [9.17, 15) is 9.59 Å². The van der Waals surface area contributed by atoms with Crippen LogP contribution in [0.5, 0.6) is 0 Å². The lowest BCUT2D eigenvalue weighted by atomic mass is 9.85. The summed E-state index contributed by atoms with van der Waals surface area (Å²) in [4.78, 5) is 25.0. The van der Waals surface area contributed by atoms with Crippen molar-refractivity contribution in [3.8, 4) is 0 Å². The predicted octanol–water partition coefficient (Wildman–Crippen LogP) is 3.99. The van der Waals surface area contributed by atoms with Crippen LogP contribution in [0.25, 0.3) is 0 Å². The molecule has 0 bridgehead atoms. The summed E-state index contributed by atoms with van der Waals surface area (Å²) in [6.45, 7) is 10.3. The van der Waals surface area contributed by atoms with Gasteiger partial charge in [-0.3, -0.25) is 9.59 Å². The van der Waals surface area contributed by atoms with Crippen LogP contribution in [0.2, 0.25) is 0 Å². The van der Waals surface area contributed by atoms with E-state index < -0.39 is 0 Å². The number of carbonyl (C=O) groups excluding carboxylic acids is 2. The average molecular weight is 328 g/mol. The summed E-state index contributed by atoms with van der Waals surface area (Å²) in [5.41, 5.74) is 5.84. The lowest BCUT2D eigenvalue weighted by molar-refractivity contribution is -0.148. The summed E-state index contributed by atoms with van der Waals surface area (Å²) in [6, 6.07) is 4.35. The molecule has 1 saturated carbocycles. The van der Waals surface area contributed by atoms with E-state index in [1.807, 2.05) is 0 Å². The largest absolute Gasteiger partial charge is 0.469 e. The first-order valence-electron chi connectivity index (χ1n) is 8.79. The van der Waals surface area contributed by atoms with E-state index in [-0.39, 0.29) is 23.6 Å². The number of benzene rings is 1. The molecule has 1 aromatic rings. The van der Waals surface area contributed by atoms with Crippen molar-refractivity contribution in [2.24, 2.45) is 11.8 Å². The number of rotatable bonds is 6. The van der Waals surface area contributed by atoms with Gasteiger partial charge in [0.15, 0.2) is 0 Å². The van der Waals surface area contributed by atoms with Gasteiger partial charge in [-0.25, -0.2) is 0 Å². The number of carbonyl (C=O) groups is 2. The number of hydrogen-bond donors (Lipinski definition) is 0. The number of allylic oxidation sites excluding steroid dienone is 1. The van der Waals surface area contributed by atoms with E-state index in [0.717, 1.165) is 24.0 Å². The van der Waals surface area contributed by atoms with Gasteiger partial charge in [-0.1, -0.05) is 43.7 Å². The minimum absolute atomic E-state index is 0.136. The molecule has 130 valence electrons. The van der Waals surface area contributed by atoms with Crippen LogP contribution in [-0.2, 0) is 33.6 Å². The number of hydrogen-bond acceptors (Lipinski definition) is 3. The van der Waals surface area contributed by atoms with Crippen molar-refractivity contribution in [2.75, 3.05) is 7.11 Å². The van der Waals surface area contributed by atoms with Crippen LogP contribution in [0.1, 0.15) is 48.9 Å². The lowest BCUT2D eigenvalue weighted by Gasteiger charge is -2.19. The van der Waals surface area contributed by atoms with Gasteiger partial charge in [-0.05, 0) is 49.3 Å². The first-order valence-corrected chi connectivity index (χ1v) is 8.79. The molecule has 2 unspecified atom stereocenters. The van der Waals surface area contributed by atoms with Crippen molar-refractivity contribution in [3.63, 3.8) is 0 Å². The molecule has 0 N–H and O–H groups in total. The predicted molar refractivity (Wildman–Crippen MR) is 96.0 cm³/mol. The van der Waals surface area contributed by atoms with Crippen molar-refractivity contribution in [2.45, 2.75) is 52.9 Å². The summed E-state index contributed by atoms with van der Waals surface area (Å²) < 4.78 is 4.89. The molecule has 0 heterocycles. The van der Waals surface area contributed by atoms with Gasteiger partial charge in [-0.2, -0.15) is 0 Å². The highest BCUT2D eigenvalue weighted by Gasteiger charge is 2.40. The minimum atomic E-state index is -0.365. The molecule has 0 amide bonds. The van der Waals surface area contributed by atoms with Gasteiger partial charge >= 0.3 is 5.97 Å². The Morgan fingerprint density at radius 2 is 1.67 bits per heavy atom. The Bertz CT molecular complexity index is 632. The molecule has 0 spiro atoms. The normalized spacial score (nSPS) is 20.2. The van der Waals surface area contributed by atoms with Gasteiger partial charge in [0.05, 0.1) is 13.0 Å². The molecule has 1 aliphatic rings. The second-order valence-electron chi connectivity index (χ2n) is 6.81. The maximum absolute atomic E-state index is 13.0. The molecule has 24 heavy (non-hydrogen) atoms. The van der Waals surface area contributed by atoms with E-state index in [2.05, 4.69) is 39.5 Å². The number of ketones is 1. The smallest absolute Gasteiger partial charge is 0.309 e. The summed E-state index contributed by atoms with van der Waals surface area (Å²) in [7, 11) is 1.38. The monoisotopic (exact) mass is 328 g/mol. The van der Waals surface area contributed by atoms with E-state index in [4.69, 9.17) is 4.74 Å². The van der Waals surface area contributed by atoms with E-state index in [1.165, 1.54) is 23.8 Å². The van der Waals surface area contributed by atoms with Crippen LogP contribution in [0.4, 0.5) is 0 Å². The van der Waals surface area contributed by atoms with Crippen LogP contribution in [0, 0.1) is 18.8 Å². The SMILES string of the molecule is C=C1CC(C(=O)Cc2c(CC)cc(C)cc2CC)C(C(=O)OC)C1. The van der Waals surface area contributed by atoms with Crippen LogP contribution in [-0.4, -0.2) is 18.9 Å². The maximum Gasteiger partial charge on any atom is 0.309 e. The summed E-state index contributed by atoms with van der Waals surface area (Å²) in [5.74, 6) is -0.809. The van der Waals surface area contributed by atoms with Crippen molar-refractivity contribution < 1.29 is 14.3 Å². The molecule has 1 fully saturated rings. The quantitative estimate of drug-likeness (QED) is 0.586. The molecule has 0 saturated heterocycles. The first-order chi connectivity index (χ1) is 11.4. The fourth-order valence-corrected chi connectivity index (χ4v) is 3.86. The van der Waals surface area contributed by atoms with Gasteiger partial charge < -0.3 is 4.74 Å². The van der Waals surface area contributed by atoms with Crippen LogP contribution < -0.4 is 0 Å². The third kappa shape index (κ3) is 3.77. The Labute approximate surface area is 145 Å². The van der Waals surface area contributed by atoms with Crippen LogP contribution in [0.15, 0.2) is 24.3 Å². The Hall–Kier alpha value is -1.90. The van der Waals surface area contributed by atoms with E-state index >= 15 is 0 Å². The summed E-state index contributed by atoms with van der Waals surface area (Å²) in [6.07, 6.45) is 3.40. The molecular formula is C21H28O3. The highest BCUT2D eigenvalue weighted by molar-refractivity contribution is 5.90. The molecule has 3 heteroatoms. The third-order valence-electron chi connectivity index (χ3n) is 5.11. The maximum atomic E-state index is 13.0. The van der Waals surface area contributed by atoms with Crippen LogP contribution in [0.3, 0.4) is 0 Å². The van der Waals surface area contributed by atoms with Gasteiger partial charge in [0, 0.05) is 12.3 Å². The highest BCUT2D eigenvalue weighted by Crippen LogP contribution is 2.37. The molecule has 2 rings (SSSR count). The summed E-state index contributed by atoms with van der Waals surface area (Å²) in [5, 5.41) is 0. The second-order valence-corrected chi connectivity index (χ2v) is 6.81. The fourth-order valence-electron chi connectivity index (χ4n) is 3.86. The third-order valence-corrected chi connectivity index (χ3v) is 5.11. The number of aryl methyl sites for hydroxylation is 3. The average Bonchev–Trinajstić information content (AvgIpc) is 2.96. The van der Waals surface area contributed by atoms with Crippen molar-refractivity contribution in [3.05, 3.63) is 46.5 Å². The zero-order valence-corrected chi connectivity index (χ0v) is 15.3. The number of Topliss-reactive ketones (excluding diaryl/α,β-unsaturated/α-hetero) is 1. The number of ether oxygens (including phenoxy) is 1. The van der Waals surface area contributed by atoms with Gasteiger partial charge in [-0.15, -0.1) is 0 Å². The standard InChI is InChI=1S/C21H28O3/c1-6-15-8-13(3)9-16(7-2)17(15)12-20(22)18-10-14(4)11-19(18)21(23)24-5/h8-9,18-19H,4,6-7,10-12H2,1-3,5H3.